The van der Waals surface area contributed by atoms with Gasteiger partial charge in [0.1, 0.15) is 0 Å². The van der Waals surface area contributed by atoms with Crippen LogP contribution < -0.4 is 0 Å². The lowest BCUT2D eigenvalue weighted by Crippen LogP contribution is -2.26. The predicted octanol–water partition coefficient (Wildman–Crippen LogP) is 5.03. The van der Waals surface area contributed by atoms with Crippen LogP contribution in [-0.2, 0) is 0 Å². The highest BCUT2D eigenvalue weighted by Gasteiger charge is 2.28. The molecular formula is C13H28. The van der Waals surface area contributed by atoms with Gasteiger partial charge >= 0.3 is 0 Å². The van der Waals surface area contributed by atoms with Crippen molar-refractivity contribution in [3.8, 4) is 0 Å². The van der Waals surface area contributed by atoms with E-state index in [-0.39, 0.29) is 0 Å². The first kappa shape index (κ1) is 13.0. The third kappa shape index (κ3) is 3.70. The monoisotopic (exact) mass is 184 g/mol. The van der Waals surface area contributed by atoms with Gasteiger partial charge in [0.2, 0.25) is 0 Å². The quantitative estimate of drug-likeness (QED) is 0.520. The summed E-state index contributed by atoms with van der Waals surface area (Å²) in [6.45, 7) is 11.8. The highest BCUT2D eigenvalue weighted by molar-refractivity contribution is 4.79. The van der Waals surface area contributed by atoms with E-state index < -0.39 is 0 Å². The van der Waals surface area contributed by atoms with Crippen LogP contribution in [0.3, 0.4) is 0 Å². The van der Waals surface area contributed by atoms with Crippen LogP contribution in [0.15, 0.2) is 0 Å². The molecule has 0 heterocycles. The molecule has 0 aliphatic heterocycles. The average molecular weight is 184 g/mol. The zero-order valence-electron chi connectivity index (χ0n) is 10.3. The second-order valence-electron chi connectivity index (χ2n) is 4.64. The molecule has 0 heteroatoms. The molecule has 0 N–H and O–H groups in total. The SMILES string of the molecule is CCCC(CCC)C(C)(CC)CC. The highest BCUT2D eigenvalue weighted by atomic mass is 14.3. The van der Waals surface area contributed by atoms with Crippen LogP contribution in [0.2, 0.25) is 0 Å². The van der Waals surface area contributed by atoms with Gasteiger partial charge in [0, 0.05) is 0 Å². The lowest BCUT2D eigenvalue weighted by molar-refractivity contribution is 0.146. The first-order chi connectivity index (χ1) is 6.14. The molecule has 0 amide bonds. The van der Waals surface area contributed by atoms with Gasteiger partial charge in [-0.2, -0.15) is 0 Å². The van der Waals surface area contributed by atoms with Crippen molar-refractivity contribution >= 4 is 0 Å². The normalized spacial score (nSPS) is 12.5. The second kappa shape index (κ2) is 6.45. The number of hydrogen-bond acceptors (Lipinski definition) is 0. The van der Waals surface area contributed by atoms with E-state index in [2.05, 4.69) is 34.6 Å². The molecule has 13 heavy (non-hydrogen) atoms. The minimum Gasteiger partial charge on any atom is -0.0654 e. The van der Waals surface area contributed by atoms with Crippen molar-refractivity contribution in [2.24, 2.45) is 11.3 Å². The van der Waals surface area contributed by atoms with Crippen LogP contribution in [0.1, 0.15) is 73.1 Å². The smallest absolute Gasteiger partial charge is 0.0303 e. The van der Waals surface area contributed by atoms with E-state index >= 15 is 0 Å². The van der Waals surface area contributed by atoms with Gasteiger partial charge in [0.05, 0.1) is 0 Å². The molecule has 0 radical (unpaired) electrons. The molecule has 0 fully saturated rings. The molecule has 0 nitrogen and oxygen atoms in total. The molecule has 0 unspecified atom stereocenters. The average Bonchev–Trinajstić information content (AvgIpc) is 2.16. The van der Waals surface area contributed by atoms with E-state index in [1.807, 2.05) is 0 Å². The van der Waals surface area contributed by atoms with E-state index in [0.29, 0.717) is 5.41 Å². The summed E-state index contributed by atoms with van der Waals surface area (Å²) in [6, 6.07) is 0. The third-order valence-corrected chi connectivity index (χ3v) is 3.88. The van der Waals surface area contributed by atoms with Crippen LogP contribution in [0.25, 0.3) is 0 Å². The van der Waals surface area contributed by atoms with Gasteiger partial charge in [-0.25, -0.2) is 0 Å². The largest absolute Gasteiger partial charge is 0.0654 e. The summed E-state index contributed by atoms with van der Waals surface area (Å²) in [5, 5.41) is 0. The Kier molecular flexibility index (Phi) is 6.45. The van der Waals surface area contributed by atoms with E-state index in [1.165, 1.54) is 38.5 Å². The maximum atomic E-state index is 2.48. The second-order valence-corrected chi connectivity index (χ2v) is 4.64. The summed E-state index contributed by atoms with van der Waals surface area (Å²) < 4.78 is 0. The fraction of sp³-hybridized carbons (Fsp3) is 1.00. The molecule has 0 aliphatic carbocycles. The Balaban J connectivity index is 4.28. The fourth-order valence-electron chi connectivity index (χ4n) is 2.37. The maximum absolute atomic E-state index is 2.48. The van der Waals surface area contributed by atoms with Crippen molar-refractivity contribution in [3.63, 3.8) is 0 Å². The van der Waals surface area contributed by atoms with Crippen molar-refractivity contribution in [2.45, 2.75) is 73.1 Å². The summed E-state index contributed by atoms with van der Waals surface area (Å²) >= 11 is 0. The Bertz CT molecular complexity index is 105. The molecule has 0 saturated heterocycles. The van der Waals surface area contributed by atoms with Crippen molar-refractivity contribution in [2.75, 3.05) is 0 Å². The molecule has 80 valence electrons. The van der Waals surface area contributed by atoms with Gasteiger partial charge in [0.15, 0.2) is 0 Å². The lowest BCUT2D eigenvalue weighted by atomic mass is 9.69. The molecule has 0 saturated carbocycles. The van der Waals surface area contributed by atoms with Crippen molar-refractivity contribution < 1.29 is 0 Å². The molecule has 0 aliphatic rings. The molecule has 0 aromatic rings. The summed E-state index contributed by atoms with van der Waals surface area (Å²) in [6.07, 6.45) is 8.22. The molecule has 0 aromatic carbocycles. The maximum Gasteiger partial charge on any atom is -0.0303 e. The van der Waals surface area contributed by atoms with Crippen molar-refractivity contribution in [1.29, 1.82) is 0 Å². The van der Waals surface area contributed by atoms with Crippen LogP contribution in [0, 0.1) is 11.3 Å². The molecular weight excluding hydrogens is 156 g/mol. The summed E-state index contributed by atoms with van der Waals surface area (Å²) in [4.78, 5) is 0. The van der Waals surface area contributed by atoms with Crippen LogP contribution in [0.4, 0.5) is 0 Å². The van der Waals surface area contributed by atoms with Crippen LogP contribution in [0.5, 0.6) is 0 Å². The molecule has 0 atom stereocenters. The molecule has 0 rings (SSSR count). The van der Waals surface area contributed by atoms with Crippen molar-refractivity contribution in [1.82, 2.24) is 0 Å². The van der Waals surface area contributed by atoms with Gasteiger partial charge < -0.3 is 0 Å². The first-order valence-electron chi connectivity index (χ1n) is 6.14. The van der Waals surface area contributed by atoms with Gasteiger partial charge in [-0.15, -0.1) is 0 Å². The first-order valence-corrected chi connectivity index (χ1v) is 6.14. The highest BCUT2D eigenvalue weighted by Crippen LogP contribution is 2.39. The molecule has 0 spiro atoms. The van der Waals surface area contributed by atoms with E-state index in [9.17, 15) is 0 Å². The van der Waals surface area contributed by atoms with E-state index in [4.69, 9.17) is 0 Å². The predicted molar refractivity (Wildman–Crippen MR) is 62.0 cm³/mol. The minimum absolute atomic E-state index is 0.603. The number of rotatable bonds is 7. The Morgan fingerprint density at radius 2 is 1.23 bits per heavy atom. The lowest BCUT2D eigenvalue weighted by Gasteiger charge is -2.36. The zero-order valence-corrected chi connectivity index (χ0v) is 10.3. The fourth-order valence-corrected chi connectivity index (χ4v) is 2.37. The Morgan fingerprint density at radius 3 is 1.46 bits per heavy atom. The van der Waals surface area contributed by atoms with Crippen LogP contribution in [-0.4, -0.2) is 0 Å². The van der Waals surface area contributed by atoms with E-state index in [0.717, 1.165) is 5.92 Å². The van der Waals surface area contributed by atoms with Crippen molar-refractivity contribution in [3.05, 3.63) is 0 Å². The minimum atomic E-state index is 0.603. The Hall–Kier alpha value is 0. The van der Waals surface area contributed by atoms with Gasteiger partial charge in [-0.05, 0) is 11.3 Å². The summed E-state index contributed by atoms with van der Waals surface area (Å²) in [5.74, 6) is 0.956. The topological polar surface area (TPSA) is 0 Å². The van der Waals surface area contributed by atoms with Gasteiger partial charge in [-0.1, -0.05) is 73.1 Å². The molecule has 0 bridgehead atoms. The summed E-state index contributed by atoms with van der Waals surface area (Å²) in [5.41, 5.74) is 0.603. The van der Waals surface area contributed by atoms with E-state index in [1.54, 1.807) is 0 Å². The third-order valence-electron chi connectivity index (χ3n) is 3.88. The van der Waals surface area contributed by atoms with Gasteiger partial charge in [0.25, 0.3) is 0 Å². The Morgan fingerprint density at radius 1 is 0.846 bits per heavy atom. The summed E-state index contributed by atoms with van der Waals surface area (Å²) in [7, 11) is 0. The number of hydrogen-bond donors (Lipinski definition) is 0. The molecule has 0 aromatic heterocycles. The zero-order chi connectivity index (χ0) is 10.3. The standard InChI is InChI=1S/C13H28/c1-6-10-12(11-7-2)13(5,8-3)9-4/h12H,6-11H2,1-5H3. The Labute approximate surface area is 85.1 Å². The van der Waals surface area contributed by atoms with Crippen LogP contribution >= 0.6 is 0 Å². The van der Waals surface area contributed by atoms with Gasteiger partial charge in [-0.3, -0.25) is 0 Å².